The number of nitro groups is 1. The minimum Gasteiger partial charge on any atom is -0.467 e. The highest BCUT2D eigenvalue weighted by Crippen LogP contribution is 2.37. The molecule has 2 aromatic carbocycles. The number of nitro benzene ring substituents is 1. The summed E-state index contributed by atoms with van der Waals surface area (Å²) in [6.07, 6.45) is 1.27. The monoisotopic (exact) mass is 489 g/mol. The van der Waals surface area contributed by atoms with Crippen LogP contribution < -0.4 is 10.1 Å². The van der Waals surface area contributed by atoms with Gasteiger partial charge in [0, 0.05) is 42.5 Å². The van der Waals surface area contributed by atoms with E-state index in [0.29, 0.717) is 11.1 Å². The number of aromatic nitrogens is 2. The number of hydrogen-bond donors (Lipinski definition) is 1. The highest BCUT2D eigenvalue weighted by Gasteiger charge is 2.22. The number of carbonyl (C=O) groups excluding carboxylic acids is 1. The number of nitrogens with one attached hydrogen (secondary N) is 1. The minimum absolute atomic E-state index is 0.0615. The number of methoxy groups -OCH3 is 1. The Morgan fingerprint density at radius 1 is 1.22 bits per heavy atom. The highest BCUT2D eigenvalue weighted by atomic mass is 19.1. The van der Waals surface area contributed by atoms with Gasteiger partial charge in [0.2, 0.25) is 5.76 Å². The van der Waals surface area contributed by atoms with Gasteiger partial charge < -0.3 is 19.3 Å². The SMILES string of the molecule is COCOc1cc(F)ccc1-c1cc(-c2cccc([N+](=O)[O-])c2)c(C#N)c(NC(=O)c2ccno2)n1. The van der Waals surface area contributed by atoms with E-state index in [1.54, 1.807) is 6.07 Å². The topological polar surface area (TPSA) is 153 Å². The number of hydrogen-bond acceptors (Lipinski definition) is 9. The summed E-state index contributed by atoms with van der Waals surface area (Å²) in [7, 11) is 1.40. The number of benzene rings is 2. The molecular formula is C24H16FN5O6. The number of carbonyl (C=O) groups is 1. The molecule has 36 heavy (non-hydrogen) atoms. The van der Waals surface area contributed by atoms with E-state index in [0.717, 1.165) is 6.07 Å². The van der Waals surface area contributed by atoms with Crippen LogP contribution in [0.5, 0.6) is 5.75 Å². The number of anilines is 1. The predicted octanol–water partition coefficient (Wildman–Crippen LogP) is 4.56. The zero-order valence-corrected chi connectivity index (χ0v) is 18.6. The molecule has 0 spiro atoms. The number of pyridine rings is 1. The fourth-order valence-electron chi connectivity index (χ4n) is 3.35. The maximum Gasteiger partial charge on any atom is 0.295 e. The second kappa shape index (κ2) is 10.4. The number of rotatable bonds is 8. The molecule has 0 aliphatic heterocycles. The number of ether oxygens (including phenoxy) is 2. The van der Waals surface area contributed by atoms with Crippen LogP contribution in [0.25, 0.3) is 22.4 Å². The molecule has 12 heteroatoms. The van der Waals surface area contributed by atoms with Crippen LogP contribution in [0.15, 0.2) is 65.3 Å². The molecule has 0 aliphatic carbocycles. The van der Waals surface area contributed by atoms with Gasteiger partial charge in [0.1, 0.15) is 23.2 Å². The lowest BCUT2D eigenvalue weighted by Gasteiger charge is -2.15. The van der Waals surface area contributed by atoms with Crippen LogP contribution in [0.2, 0.25) is 0 Å². The lowest BCUT2D eigenvalue weighted by atomic mass is 9.97. The lowest BCUT2D eigenvalue weighted by Crippen LogP contribution is -2.14. The third kappa shape index (κ3) is 5.01. The number of non-ortho nitro benzene ring substituents is 1. The van der Waals surface area contributed by atoms with E-state index in [-0.39, 0.29) is 46.6 Å². The summed E-state index contributed by atoms with van der Waals surface area (Å²) in [6.45, 7) is -0.181. The number of nitrogens with zero attached hydrogens (tertiary/aromatic N) is 4. The first-order valence-corrected chi connectivity index (χ1v) is 10.2. The van der Waals surface area contributed by atoms with E-state index in [1.807, 2.05) is 6.07 Å². The van der Waals surface area contributed by atoms with Crippen molar-refractivity contribution in [1.82, 2.24) is 10.1 Å². The molecule has 0 bridgehead atoms. The summed E-state index contributed by atoms with van der Waals surface area (Å²) in [4.78, 5) is 27.8. The molecule has 0 atom stereocenters. The molecule has 11 nitrogen and oxygen atoms in total. The van der Waals surface area contributed by atoms with Crippen LogP contribution in [-0.2, 0) is 4.74 Å². The van der Waals surface area contributed by atoms with Gasteiger partial charge in [-0.05, 0) is 23.8 Å². The molecule has 180 valence electrons. The van der Waals surface area contributed by atoms with Crippen molar-refractivity contribution in [3.05, 3.63) is 88.0 Å². The first-order chi connectivity index (χ1) is 17.4. The Bertz CT molecular complexity index is 1480. The largest absolute Gasteiger partial charge is 0.467 e. The van der Waals surface area contributed by atoms with Crippen molar-refractivity contribution < 1.29 is 28.1 Å². The Kier molecular flexibility index (Phi) is 6.94. The predicted molar refractivity (Wildman–Crippen MR) is 123 cm³/mol. The first-order valence-electron chi connectivity index (χ1n) is 10.2. The summed E-state index contributed by atoms with van der Waals surface area (Å²) in [5.74, 6) is -1.50. The van der Waals surface area contributed by atoms with Crippen LogP contribution >= 0.6 is 0 Å². The molecule has 4 rings (SSSR count). The molecule has 4 aromatic rings. The normalized spacial score (nSPS) is 10.5. The zero-order valence-electron chi connectivity index (χ0n) is 18.6. The van der Waals surface area contributed by atoms with E-state index < -0.39 is 16.6 Å². The van der Waals surface area contributed by atoms with Crippen molar-refractivity contribution in [1.29, 1.82) is 5.26 Å². The van der Waals surface area contributed by atoms with Crippen molar-refractivity contribution in [3.63, 3.8) is 0 Å². The molecule has 0 radical (unpaired) electrons. The molecule has 2 aromatic heterocycles. The van der Waals surface area contributed by atoms with Crippen molar-refractivity contribution in [2.45, 2.75) is 0 Å². The fraction of sp³-hybridized carbons (Fsp3) is 0.0833. The Morgan fingerprint density at radius 3 is 2.75 bits per heavy atom. The van der Waals surface area contributed by atoms with E-state index >= 15 is 0 Å². The van der Waals surface area contributed by atoms with Gasteiger partial charge in [-0.15, -0.1) is 0 Å². The minimum atomic E-state index is -0.728. The number of nitriles is 1. The van der Waals surface area contributed by atoms with Gasteiger partial charge in [-0.25, -0.2) is 9.37 Å². The molecule has 0 fully saturated rings. The number of halogens is 1. The molecule has 2 heterocycles. The van der Waals surface area contributed by atoms with Gasteiger partial charge in [0.15, 0.2) is 12.6 Å². The second-order valence-electron chi connectivity index (χ2n) is 7.22. The second-order valence-corrected chi connectivity index (χ2v) is 7.22. The van der Waals surface area contributed by atoms with Crippen LogP contribution in [0.1, 0.15) is 16.1 Å². The maximum absolute atomic E-state index is 14.0. The van der Waals surface area contributed by atoms with Gasteiger partial charge in [0.05, 0.1) is 16.8 Å². The van der Waals surface area contributed by atoms with Crippen molar-refractivity contribution in [3.8, 4) is 34.2 Å². The van der Waals surface area contributed by atoms with Crippen LogP contribution in [0, 0.1) is 27.3 Å². The quantitative estimate of drug-likeness (QED) is 0.213. The van der Waals surface area contributed by atoms with Gasteiger partial charge >= 0.3 is 0 Å². The summed E-state index contributed by atoms with van der Waals surface area (Å²) >= 11 is 0. The third-order valence-electron chi connectivity index (χ3n) is 4.94. The van der Waals surface area contributed by atoms with Crippen LogP contribution in [0.4, 0.5) is 15.9 Å². The van der Waals surface area contributed by atoms with Gasteiger partial charge in [-0.1, -0.05) is 17.3 Å². The van der Waals surface area contributed by atoms with Gasteiger partial charge in [-0.2, -0.15) is 5.26 Å². The average molecular weight is 489 g/mol. The average Bonchev–Trinajstić information content (AvgIpc) is 3.42. The third-order valence-corrected chi connectivity index (χ3v) is 4.94. The summed E-state index contributed by atoms with van der Waals surface area (Å²) in [6, 6.07) is 14.2. The standard InChI is InChI=1S/C24H16FN5O6/c1-34-13-35-22-10-15(25)5-6-17(22)20-11-18(14-3-2-4-16(9-14)30(32)33)19(12-26)23(28-20)29-24(31)21-7-8-27-36-21/h2-11H,13H2,1H3,(H,28,29,31). The maximum atomic E-state index is 14.0. The lowest BCUT2D eigenvalue weighted by molar-refractivity contribution is -0.384. The van der Waals surface area contributed by atoms with Crippen LogP contribution in [-0.4, -0.2) is 34.9 Å². The molecule has 0 unspecified atom stereocenters. The Morgan fingerprint density at radius 2 is 2.06 bits per heavy atom. The fourth-order valence-corrected chi connectivity index (χ4v) is 3.35. The molecule has 0 aliphatic rings. The smallest absolute Gasteiger partial charge is 0.295 e. The van der Waals surface area contributed by atoms with Gasteiger partial charge in [-0.3, -0.25) is 14.9 Å². The van der Waals surface area contributed by atoms with Gasteiger partial charge in [0.25, 0.3) is 11.6 Å². The Hall–Kier alpha value is -5.15. The summed E-state index contributed by atoms with van der Waals surface area (Å²) in [5, 5.41) is 27.3. The molecule has 1 N–H and O–H groups in total. The van der Waals surface area contributed by atoms with Crippen LogP contribution in [0.3, 0.4) is 0 Å². The number of amides is 1. The first kappa shape index (κ1) is 24.0. The molecular weight excluding hydrogens is 473 g/mol. The Labute approximate surface area is 202 Å². The Balaban J connectivity index is 1.94. The molecule has 1 amide bonds. The van der Waals surface area contributed by atoms with Crippen molar-refractivity contribution in [2.24, 2.45) is 0 Å². The summed E-state index contributed by atoms with van der Waals surface area (Å²) < 4.78 is 29.2. The van der Waals surface area contributed by atoms with E-state index in [1.165, 1.54) is 55.8 Å². The van der Waals surface area contributed by atoms with Crippen molar-refractivity contribution >= 4 is 17.4 Å². The highest BCUT2D eigenvalue weighted by molar-refractivity contribution is 6.03. The molecule has 0 saturated heterocycles. The van der Waals surface area contributed by atoms with E-state index in [9.17, 15) is 24.6 Å². The van der Waals surface area contributed by atoms with E-state index in [2.05, 4.69) is 15.5 Å². The van der Waals surface area contributed by atoms with Crippen molar-refractivity contribution in [2.75, 3.05) is 19.2 Å². The molecule has 0 saturated carbocycles. The zero-order chi connectivity index (χ0) is 25.7. The van der Waals surface area contributed by atoms with E-state index in [4.69, 9.17) is 14.0 Å². The summed E-state index contributed by atoms with van der Waals surface area (Å²) in [5.41, 5.74) is 0.804.